The lowest BCUT2D eigenvalue weighted by Crippen LogP contribution is -2.29. The molecule has 0 amide bonds. The highest BCUT2D eigenvalue weighted by molar-refractivity contribution is 9.10. The van der Waals surface area contributed by atoms with E-state index in [2.05, 4.69) is 15.9 Å². The molecule has 2 aromatic rings. The lowest BCUT2D eigenvalue weighted by molar-refractivity contribution is -0.151. The Morgan fingerprint density at radius 3 is 2.67 bits per heavy atom. The number of halogens is 1. The van der Waals surface area contributed by atoms with E-state index in [1.54, 1.807) is 6.92 Å². The van der Waals surface area contributed by atoms with Crippen LogP contribution in [0.3, 0.4) is 0 Å². The maximum absolute atomic E-state index is 11.9. The van der Waals surface area contributed by atoms with Crippen molar-refractivity contribution in [2.45, 2.75) is 32.8 Å². The third-order valence-corrected chi connectivity index (χ3v) is 4.02. The van der Waals surface area contributed by atoms with Crippen LogP contribution in [0.25, 0.3) is 10.8 Å². The van der Waals surface area contributed by atoms with E-state index in [0.29, 0.717) is 18.8 Å². The largest absolute Gasteiger partial charge is 0.478 e. The molecule has 3 nitrogen and oxygen atoms in total. The second-order valence-electron chi connectivity index (χ2n) is 4.75. The summed E-state index contributed by atoms with van der Waals surface area (Å²) in [7, 11) is 0. The molecule has 0 bridgehead atoms. The number of hydrogen-bond donors (Lipinski definition) is 0. The zero-order chi connectivity index (χ0) is 15.2. The highest BCUT2D eigenvalue weighted by atomic mass is 79.9. The van der Waals surface area contributed by atoms with Crippen LogP contribution in [0, 0.1) is 0 Å². The van der Waals surface area contributed by atoms with Gasteiger partial charge in [0.1, 0.15) is 5.75 Å². The first-order chi connectivity index (χ1) is 10.2. The maximum Gasteiger partial charge on any atom is 0.347 e. The first-order valence-corrected chi connectivity index (χ1v) is 7.97. The third kappa shape index (κ3) is 3.76. The molecule has 2 rings (SSSR count). The highest BCUT2D eigenvalue weighted by Gasteiger charge is 2.22. The number of fused-ring (bicyclic) bond motifs is 1. The van der Waals surface area contributed by atoms with Crippen molar-refractivity contribution >= 4 is 32.7 Å². The van der Waals surface area contributed by atoms with Crippen molar-refractivity contribution in [1.29, 1.82) is 0 Å². The van der Waals surface area contributed by atoms with Crippen molar-refractivity contribution in [2.75, 3.05) is 6.61 Å². The molecule has 0 heterocycles. The van der Waals surface area contributed by atoms with E-state index < -0.39 is 6.10 Å². The molecule has 4 heteroatoms. The molecular weight excluding hydrogens is 332 g/mol. The molecule has 0 N–H and O–H groups in total. The van der Waals surface area contributed by atoms with Crippen LogP contribution in [0.2, 0.25) is 0 Å². The molecule has 0 aromatic heterocycles. The number of benzene rings is 2. The van der Waals surface area contributed by atoms with Gasteiger partial charge in [-0.2, -0.15) is 0 Å². The Labute approximate surface area is 133 Å². The van der Waals surface area contributed by atoms with E-state index in [9.17, 15) is 4.79 Å². The minimum absolute atomic E-state index is 0.306. The molecule has 0 aliphatic carbocycles. The summed E-state index contributed by atoms with van der Waals surface area (Å²) in [6.45, 7) is 4.18. The normalized spacial score (nSPS) is 12.1. The molecular formula is C17H19BrO3. The molecule has 0 fully saturated rings. The zero-order valence-electron chi connectivity index (χ0n) is 12.3. The summed E-state index contributed by atoms with van der Waals surface area (Å²) in [6.07, 6.45) is 0.930. The quantitative estimate of drug-likeness (QED) is 0.707. The van der Waals surface area contributed by atoms with Gasteiger partial charge >= 0.3 is 5.97 Å². The Balaban J connectivity index is 2.28. The van der Waals surface area contributed by atoms with Crippen molar-refractivity contribution < 1.29 is 14.3 Å². The van der Waals surface area contributed by atoms with Crippen LogP contribution in [0.4, 0.5) is 0 Å². The summed E-state index contributed by atoms with van der Waals surface area (Å²) >= 11 is 3.57. The number of rotatable bonds is 6. The van der Waals surface area contributed by atoms with Crippen LogP contribution in [-0.4, -0.2) is 18.7 Å². The molecule has 2 aromatic carbocycles. The minimum Gasteiger partial charge on any atom is -0.478 e. The molecule has 1 atom stereocenters. The number of ether oxygens (including phenoxy) is 2. The van der Waals surface area contributed by atoms with Gasteiger partial charge in [-0.25, -0.2) is 4.79 Å². The molecule has 21 heavy (non-hydrogen) atoms. The first-order valence-electron chi connectivity index (χ1n) is 7.17. The first kappa shape index (κ1) is 15.8. The van der Waals surface area contributed by atoms with Crippen LogP contribution in [0.5, 0.6) is 5.75 Å². The Bertz CT molecular complexity index is 624. The number of hydrogen-bond acceptors (Lipinski definition) is 3. The monoisotopic (exact) mass is 350 g/mol. The lowest BCUT2D eigenvalue weighted by atomic mass is 10.1. The summed E-state index contributed by atoms with van der Waals surface area (Å²) in [5.41, 5.74) is 0. The van der Waals surface area contributed by atoms with E-state index in [0.717, 1.165) is 21.7 Å². The van der Waals surface area contributed by atoms with Gasteiger partial charge in [-0.3, -0.25) is 0 Å². The topological polar surface area (TPSA) is 35.5 Å². The average Bonchev–Trinajstić information content (AvgIpc) is 2.50. The SMILES string of the molecule is CCCC(Oc1ccc2ccccc2c1Br)C(=O)OCC. The van der Waals surface area contributed by atoms with Crippen molar-refractivity contribution in [3.63, 3.8) is 0 Å². The zero-order valence-corrected chi connectivity index (χ0v) is 13.9. The number of esters is 1. The lowest BCUT2D eigenvalue weighted by Gasteiger charge is -2.18. The van der Waals surface area contributed by atoms with Crippen LogP contribution in [-0.2, 0) is 9.53 Å². The smallest absolute Gasteiger partial charge is 0.347 e. The fraction of sp³-hybridized carbons (Fsp3) is 0.353. The predicted molar refractivity (Wildman–Crippen MR) is 87.6 cm³/mol. The minimum atomic E-state index is -0.563. The van der Waals surface area contributed by atoms with E-state index in [1.165, 1.54) is 0 Å². The van der Waals surface area contributed by atoms with Gasteiger partial charge in [-0.1, -0.05) is 43.7 Å². The summed E-state index contributed by atoms with van der Waals surface area (Å²) < 4.78 is 11.8. The Morgan fingerprint density at radius 1 is 1.19 bits per heavy atom. The molecule has 0 aliphatic rings. The molecule has 0 saturated carbocycles. The molecule has 0 aliphatic heterocycles. The van der Waals surface area contributed by atoms with E-state index >= 15 is 0 Å². The van der Waals surface area contributed by atoms with Crippen molar-refractivity contribution in [3.05, 3.63) is 40.9 Å². The number of carbonyl (C=O) groups excluding carboxylic acids is 1. The number of carbonyl (C=O) groups is 1. The van der Waals surface area contributed by atoms with Gasteiger partial charge in [0.2, 0.25) is 0 Å². The van der Waals surface area contributed by atoms with Gasteiger partial charge < -0.3 is 9.47 Å². The van der Waals surface area contributed by atoms with Gasteiger partial charge in [0.05, 0.1) is 11.1 Å². The molecule has 0 saturated heterocycles. The third-order valence-electron chi connectivity index (χ3n) is 3.20. The second kappa shape index (κ2) is 7.46. The van der Waals surface area contributed by atoms with E-state index in [4.69, 9.17) is 9.47 Å². The predicted octanol–water partition coefficient (Wildman–Crippen LogP) is 4.71. The fourth-order valence-electron chi connectivity index (χ4n) is 2.18. The van der Waals surface area contributed by atoms with Crippen molar-refractivity contribution in [2.24, 2.45) is 0 Å². The molecule has 0 spiro atoms. The van der Waals surface area contributed by atoms with Gasteiger partial charge in [0, 0.05) is 0 Å². The second-order valence-corrected chi connectivity index (χ2v) is 5.54. The van der Waals surface area contributed by atoms with Gasteiger partial charge in [-0.15, -0.1) is 0 Å². The van der Waals surface area contributed by atoms with Crippen molar-refractivity contribution in [3.8, 4) is 5.75 Å². The van der Waals surface area contributed by atoms with Crippen LogP contribution < -0.4 is 4.74 Å². The molecule has 0 radical (unpaired) electrons. The average molecular weight is 351 g/mol. The Morgan fingerprint density at radius 2 is 1.95 bits per heavy atom. The van der Waals surface area contributed by atoms with Gasteiger partial charge in [0.25, 0.3) is 0 Å². The maximum atomic E-state index is 11.9. The van der Waals surface area contributed by atoms with Gasteiger partial charge in [0.15, 0.2) is 6.10 Å². The van der Waals surface area contributed by atoms with Crippen LogP contribution >= 0.6 is 15.9 Å². The van der Waals surface area contributed by atoms with E-state index in [-0.39, 0.29) is 5.97 Å². The highest BCUT2D eigenvalue weighted by Crippen LogP contribution is 2.34. The molecule has 112 valence electrons. The summed E-state index contributed by atoms with van der Waals surface area (Å²) in [6, 6.07) is 11.9. The van der Waals surface area contributed by atoms with Crippen molar-refractivity contribution in [1.82, 2.24) is 0 Å². The fourth-order valence-corrected chi connectivity index (χ4v) is 2.77. The Hall–Kier alpha value is -1.55. The van der Waals surface area contributed by atoms with Crippen LogP contribution in [0.1, 0.15) is 26.7 Å². The van der Waals surface area contributed by atoms with E-state index in [1.807, 2.05) is 43.3 Å². The summed E-state index contributed by atoms with van der Waals surface area (Å²) in [4.78, 5) is 11.9. The standard InChI is InChI=1S/C17H19BrO3/c1-3-7-15(17(19)20-4-2)21-14-11-10-12-8-5-6-9-13(12)16(14)18/h5-6,8-11,15H,3-4,7H2,1-2H3. The van der Waals surface area contributed by atoms with Crippen LogP contribution in [0.15, 0.2) is 40.9 Å². The van der Waals surface area contributed by atoms with Gasteiger partial charge in [-0.05, 0) is 46.1 Å². The Kier molecular flexibility index (Phi) is 5.62. The summed E-state index contributed by atoms with van der Waals surface area (Å²) in [5, 5.41) is 2.19. The molecule has 1 unspecified atom stereocenters. The summed E-state index contributed by atoms with van der Waals surface area (Å²) in [5.74, 6) is 0.361.